The summed E-state index contributed by atoms with van der Waals surface area (Å²) in [5, 5.41) is -0.326. The molecule has 2 aliphatic rings. The van der Waals surface area contributed by atoms with Crippen molar-refractivity contribution in [3.8, 4) is 5.75 Å². The van der Waals surface area contributed by atoms with E-state index in [-0.39, 0.29) is 29.5 Å². The van der Waals surface area contributed by atoms with Crippen molar-refractivity contribution in [1.82, 2.24) is 4.90 Å². The van der Waals surface area contributed by atoms with Gasteiger partial charge in [0.25, 0.3) is 11.1 Å². The maximum absolute atomic E-state index is 12.9. The largest absolute Gasteiger partial charge is 0.472 e. The third-order valence-corrected chi connectivity index (χ3v) is 5.51. The third kappa shape index (κ3) is 3.73. The summed E-state index contributed by atoms with van der Waals surface area (Å²) in [5.74, 6) is 0.218. The summed E-state index contributed by atoms with van der Waals surface area (Å²) in [6, 6.07) is 14.2. The van der Waals surface area contributed by atoms with Crippen LogP contribution in [0.3, 0.4) is 0 Å². The first kappa shape index (κ1) is 19.5. The van der Waals surface area contributed by atoms with Crippen molar-refractivity contribution >= 4 is 34.5 Å². The van der Waals surface area contributed by atoms with Crippen LogP contribution >= 0.6 is 11.8 Å². The van der Waals surface area contributed by atoms with Crippen molar-refractivity contribution in [2.45, 2.75) is 19.6 Å². The Bertz CT molecular complexity index is 948. The van der Waals surface area contributed by atoms with Gasteiger partial charge in [0.05, 0.1) is 11.3 Å². The van der Waals surface area contributed by atoms with Crippen molar-refractivity contribution in [3.05, 3.63) is 59.7 Å². The standard InChI is InChI=1S/C21H20N2O5S/c1-2-10-27-20(23-18(24)12-29-21(23)26)14-6-5-7-15(11-14)22-13-28-17-9-4-3-8-16(17)19(22)25/h3-9,11,20H,2,10,12-13H2,1H3. The minimum Gasteiger partial charge on any atom is -0.472 e. The van der Waals surface area contributed by atoms with Gasteiger partial charge in [-0.3, -0.25) is 19.3 Å². The number of benzene rings is 2. The lowest BCUT2D eigenvalue weighted by atomic mass is 10.1. The monoisotopic (exact) mass is 412 g/mol. The quantitative estimate of drug-likeness (QED) is 0.718. The Hall–Kier alpha value is -2.84. The second kappa shape index (κ2) is 8.26. The van der Waals surface area contributed by atoms with Gasteiger partial charge in [0, 0.05) is 17.9 Å². The number of thioether (sulfide) groups is 1. The normalized spacial score (nSPS) is 17.3. The molecule has 0 N–H and O–H groups in total. The molecule has 0 saturated carbocycles. The van der Waals surface area contributed by atoms with Gasteiger partial charge in [-0.15, -0.1) is 0 Å². The number of amides is 3. The van der Waals surface area contributed by atoms with E-state index < -0.39 is 6.23 Å². The van der Waals surface area contributed by atoms with Crippen molar-refractivity contribution in [3.63, 3.8) is 0 Å². The minimum atomic E-state index is -0.821. The van der Waals surface area contributed by atoms with Gasteiger partial charge in [-0.1, -0.05) is 43.0 Å². The van der Waals surface area contributed by atoms with Crippen LogP contribution in [0.4, 0.5) is 10.5 Å². The van der Waals surface area contributed by atoms with Crippen molar-refractivity contribution in [2.75, 3.05) is 24.0 Å². The number of ether oxygens (including phenoxy) is 2. The van der Waals surface area contributed by atoms with Crippen LogP contribution in [0.2, 0.25) is 0 Å². The van der Waals surface area contributed by atoms with Gasteiger partial charge < -0.3 is 9.47 Å². The highest BCUT2D eigenvalue weighted by molar-refractivity contribution is 8.14. The zero-order valence-electron chi connectivity index (χ0n) is 15.9. The highest BCUT2D eigenvalue weighted by atomic mass is 32.2. The van der Waals surface area contributed by atoms with Gasteiger partial charge in [0.2, 0.25) is 5.91 Å². The number of carbonyl (C=O) groups excluding carboxylic acids is 3. The van der Waals surface area contributed by atoms with Crippen LogP contribution in [0, 0.1) is 0 Å². The second-order valence-corrected chi connectivity index (χ2v) is 7.57. The molecule has 0 radical (unpaired) electrons. The van der Waals surface area contributed by atoms with Crippen molar-refractivity contribution in [2.24, 2.45) is 0 Å². The predicted molar refractivity (Wildman–Crippen MR) is 109 cm³/mol. The van der Waals surface area contributed by atoms with Crippen LogP contribution < -0.4 is 9.64 Å². The molecule has 1 fully saturated rings. The number of rotatable bonds is 6. The van der Waals surface area contributed by atoms with Gasteiger partial charge >= 0.3 is 0 Å². The fourth-order valence-corrected chi connectivity index (χ4v) is 4.01. The highest BCUT2D eigenvalue weighted by Gasteiger charge is 2.38. The molecule has 2 aromatic carbocycles. The summed E-state index contributed by atoms with van der Waals surface area (Å²) in [7, 11) is 0. The van der Waals surface area contributed by atoms with E-state index in [1.54, 1.807) is 42.5 Å². The lowest BCUT2D eigenvalue weighted by molar-refractivity contribution is -0.136. The summed E-state index contributed by atoms with van der Waals surface area (Å²) < 4.78 is 11.6. The molecule has 3 amide bonds. The average Bonchev–Trinajstić information content (AvgIpc) is 3.07. The lowest BCUT2D eigenvalue weighted by Crippen LogP contribution is -2.39. The first-order valence-corrected chi connectivity index (χ1v) is 10.3. The van der Waals surface area contributed by atoms with Gasteiger partial charge in [0.15, 0.2) is 13.0 Å². The molecule has 2 heterocycles. The summed E-state index contributed by atoms with van der Waals surface area (Å²) >= 11 is 0.968. The maximum atomic E-state index is 12.9. The van der Waals surface area contributed by atoms with Crippen LogP contribution in [-0.4, -0.2) is 41.0 Å². The van der Waals surface area contributed by atoms with Crippen molar-refractivity contribution < 1.29 is 23.9 Å². The van der Waals surface area contributed by atoms with E-state index in [2.05, 4.69) is 0 Å². The Balaban J connectivity index is 1.66. The highest BCUT2D eigenvalue weighted by Crippen LogP contribution is 2.34. The number of nitrogens with zero attached hydrogens (tertiary/aromatic N) is 2. The lowest BCUT2D eigenvalue weighted by Gasteiger charge is -2.30. The summed E-state index contributed by atoms with van der Waals surface area (Å²) in [6.07, 6.45) is -0.0765. The zero-order valence-corrected chi connectivity index (χ0v) is 16.7. The SMILES string of the molecule is CCCOC(c1cccc(N2COc3ccccc3C2=O)c1)N1C(=O)CSC1=O. The van der Waals surface area contributed by atoms with E-state index in [9.17, 15) is 14.4 Å². The molecule has 0 bridgehead atoms. The van der Waals surface area contributed by atoms with E-state index in [1.165, 1.54) is 4.90 Å². The molecule has 29 heavy (non-hydrogen) atoms. The molecule has 4 rings (SSSR count). The molecular formula is C21H20N2O5S. The van der Waals surface area contributed by atoms with Gasteiger partial charge in [-0.25, -0.2) is 4.90 Å². The van der Waals surface area contributed by atoms with Crippen LogP contribution in [0.1, 0.15) is 35.5 Å². The Kier molecular flexibility index (Phi) is 5.55. The first-order valence-electron chi connectivity index (χ1n) is 9.34. The number of fused-ring (bicyclic) bond motifs is 1. The maximum Gasteiger partial charge on any atom is 0.291 e. The Morgan fingerprint density at radius 1 is 1.14 bits per heavy atom. The predicted octanol–water partition coefficient (Wildman–Crippen LogP) is 3.80. The van der Waals surface area contributed by atoms with E-state index in [4.69, 9.17) is 9.47 Å². The van der Waals surface area contributed by atoms with E-state index in [1.807, 2.05) is 13.0 Å². The first-order chi connectivity index (χ1) is 14.1. The molecule has 1 unspecified atom stereocenters. The number of anilines is 1. The molecule has 1 saturated heterocycles. The van der Waals surface area contributed by atoms with Crippen LogP contribution in [0.25, 0.3) is 0 Å². The van der Waals surface area contributed by atoms with Gasteiger partial charge in [-0.2, -0.15) is 0 Å². The smallest absolute Gasteiger partial charge is 0.291 e. The fourth-order valence-electron chi connectivity index (χ4n) is 3.29. The molecule has 8 heteroatoms. The van der Waals surface area contributed by atoms with Crippen molar-refractivity contribution in [1.29, 1.82) is 0 Å². The van der Waals surface area contributed by atoms with E-state index >= 15 is 0 Å². The molecule has 0 aromatic heterocycles. The number of hydrogen-bond donors (Lipinski definition) is 0. The topological polar surface area (TPSA) is 76.2 Å². The minimum absolute atomic E-state index is 0.0806. The molecule has 2 aromatic rings. The molecular weight excluding hydrogens is 392 g/mol. The fraction of sp³-hybridized carbons (Fsp3) is 0.286. The third-order valence-electron chi connectivity index (χ3n) is 4.68. The summed E-state index contributed by atoms with van der Waals surface area (Å²) in [6.45, 7) is 2.43. The van der Waals surface area contributed by atoms with Crippen LogP contribution in [-0.2, 0) is 9.53 Å². The molecule has 1 atom stereocenters. The molecule has 150 valence electrons. The van der Waals surface area contributed by atoms with Gasteiger partial charge in [-0.05, 0) is 30.7 Å². The summed E-state index contributed by atoms with van der Waals surface area (Å²) in [5.41, 5.74) is 1.73. The van der Waals surface area contributed by atoms with Crippen LogP contribution in [0.5, 0.6) is 5.75 Å². The molecule has 2 aliphatic heterocycles. The molecule has 7 nitrogen and oxygen atoms in total. The Morgan fingerprint density at radius 2 is 1.97 bits per heavy atom. The van der Waals surface area contributed by atoms with E-state index in [0.29, 0.717) is 29.2 Å². The molecule has 0 spiro atoms. The number of imide groups is 1. The average molecular weight is 412 g/mol. The second-order valence-electron chi connectivity index (χ2n) is 6.64. The number of carbonyl (C=O) groups is 3. The Morgan fingerprint density at radius 3 is 2.72 bits per heavy atom. The van der Waals surface area contributed by atoms with Crippen LogP contribution in [0.15, 0.2) is 48.5 Å². The number of hydrogen-bond acceptors (Lipinski definition) is 6. The number of para-hydroxylation sites is 1. The zero-order chi connectivity index (χ0) is 20.4. The molecule has 0 aliphatic carbocycles. The Labute approximate surface area is 172 Å². The summed E-state index contributed by atoms with van der Waals surface area (Å²) in [4.78, 5) is 40.1. The van der Waals surface area contributed by atoms with E-state index in [0.717, 1.165) is 23.1 Å². The van der Waals surface area contributed by atoms with Gasteiger partial charge in [0.1, 0.15) is 5.75 Å².